The molecule has 10 rings (SSSR count). The van der Waals surface area contributed by atoms with Crippen LogP contribution < -0.4 is 0 Å². The average Bonchev–Trinajstić information content (AvgIpc) is 3.62. The molecule has 0 radical (unpaired) electrons. The predicted molar refractivity (Wildman–Crippen MR) is 211 cm³/mol. The number of benzene rings is 7. The fourth-order valence-corrected chi connectivity index (χ4v) is 7.57. The van der Waals surface area contributed by atoms with E-state index in [1.807, 2.05) is 24.5 Å². The SMILES string of the molecule is c1ccc(-c2cc3cccc(-c4ccc(-c5cc6cccnc6c6ncccc56)cc4)c3c3c2c(-c2ccccc2)nn3-c2ccccc2)cc1. The first-order chi connectivity index (χ1) is 25.3. The molecular weight excluding hydrogens is 621 g/mol. The van der Waals surface area contributed by atoms with Crippen molar-refractivity contribution in [2.75, 3.05) is 0 Å². The first-order valence-corrected chi connectivity index (χ1v) is 17.2. The lowest BCUT2D eigenvalue weighted by Gasteiger charge is -2.15. The van der Waals surface area contributed by atoms with E-state index in [9.17, 15) is 0 Å². The Bertz CT molecular complexity index is 2880. The van der Waals surface area contributed by atoms with Crippen molar-refractivity contribution in [3.63, 3.8) is 0 Å². The molecule has 0 saturated heterocycles. The Hall–Kier alpha value is -6.91. The number of rotatable bonds is 5. The molecule has 0 saturated carbocycles. The zero-order chi connectivity index (χ0) is 33.7. The van der Waals surface area contributed by atoms with E-state index in [4.69, 9.17) is 10.1 Å². The highest BCUT2D eigenvalue weighted by atomic mass is 15.3. The molecule has 51 heavy (non-hydrogen) atoms. The maximum absolute atomic E-state index is 5.41. The topological polar surface area (TPSA) is 43.6 Å². The Morgan fingerprint density at radius 1 is 0.392 bits per heavy atom. The van der Waals surface area contributed by atoms with Crippen LogP contribution in [-0.4, -0.2) is 19.7 Å². The van der Waals surface area contributed by atoms with Crippen LogP contribution in [0.3, 0.4) is 0 Å². The van der Waals surface area contributed by atoms with Crippen LogP contribution in [0, 0.1) is 0 Å². The summed E-state index contributed by atoms with van der Waals surface area (Å²) in [5, 5.41) is 11.1. The van der Waals surface area contributed by atoms with Crippen molar-refractivity contribution in [2.45, 2.75) is 0 Å². The van der Waals surface area contributed by atoms with Gasteiger partial charge in [-0.1, -0.05) is 133 Å². The summed E-state index contributed by atoms with van der Waals surface area (Å²) in [6.07, 6.45) is 3.68. The summed E-state index contributed by atoms with van der Waals surface area (Å²) in [4.78, 5) is 9.40. The standard InChI is InChI=1S/C47H30N4/c1-4-13-31(14-5-1)41-29-35-17-10-21-38(42(35)47-43(41)44(34-15-6-2-7-16-34)50-51(47)37-19-8-3-9-20-37)32-23-25-33(26-24-32)40-30-36-18-11-27-48-45(36)46-39(40)22-12-28-49-46/h1-30H. The summed E-state index contributed by atoms with van der Waals surface area (Å²) in [5.74, 6) is 0. The minimum atomic E-state index is 0.920. The molecule has 4 nitrogen and oxygen atoms in total. The molecule has 4 heteroatoms. The minimum absolute atomic E-state index is 0.920. The molecule has 0 amide bonds. The number of pyridine rings is 2. The molecule has 0 aliphatic carbocycles. The second kappa shape index (κ2) is 11.9. The first kappa shape index (κ1) is 29.0. The van der Waals surface area contributed by atoms with Crippen molar-refractivity contribution in [3.05, 3.63) is 182 Å². The fourth-order valence-electron chi connectivity index (χ4n) is 7.57. The van der Waals surface area contributed by atoms with E-state index in [1.165, 1.54) is 10.8 Å². The lowest BCUT2D eigenvalue weighted by molar-refractivity contribution is 0.918. The van der Waals surface area contributed by atoms with E-state index in [-0.39, 0.29) is 0 Å². The second-order valence-corrected chi connectivity index (χ2v) is 12.9. The van der Waals surface area contributed by atoms with Crippen LogP contribution in [0.4, 0.5) is 0 Å². The van der Waals surface area contributed by atoms with Crippen LogP contribution in [0.5, 0.6) is 0 Å². The van der Waals surface area contributed by atoms with E-state index in [2.05, 4.69) is 167 Å². The van der Waals surface area contributed by atoms with Crippen LogP contribution in [0.2, 0.25) is 0 Å². The van der Waals surface area contributed by atoms with E-state index < -0.39 is 0 Å². The van der Waals surface area contributed by atoms with Crippen molar-refractivity contribution in [2.24, 2.45) is 0 Å². The smallest absolute Gasteiger partial charge is 0.101 e. The van der Waals surface area contributed by atoms with Gasteiger partial charge in [0, 0.05) is 39.5 Å². The van der Waals surface area contributed by atoms with Gasteiger partial charge < -0.3 is 0 Å². The fraction of sp³-hybridized carbons (Fsp3) is 0. The van der Waals surface area contributed by atoms with Crippen LogP contribution in [-0.2, 0) is 0 Å². The number of para-hydroxylation sites is 1. The molecule has 10 aromatic rings. The molecule has 3 heterocycles. The first-order valence-electron chi connectivity index (χ1n) is 17.2. The van der Waals surface area contributed by atoms with Gasteiger partial charge in [-0.2, -0.15) is 5.10 Å². The third-order valence-electron chi connectivity index (χ3n) is 9.89. The molecule has 0 aliphatic rings. The van der Waals surface area contributed by atoms with Crippen LogP contribution in [0.25, 0.3) is 93.8 Å². The van der Waals surface area contributed by atoms with Crippen molar-refractivity contribution in [3.8, 4) is 50.3 Å². The van der Waals surface area contributed by atoms with Crippen molar-refractivity contribution in [1.82, 2.24) is 19.7 Å². The van der Waals surface area contributed by atoms with Crippen LogP contribution >= 0.6 is 0 Å². The lowest BCUT2D eigenvalue weighted by atomic mass is 9.89. The van der Waals surface area contributed by atoms with E-state index >= 15 is 0 Å². The van der Waals surface area contributed by atoms with Crippen molar-refractivity contribution < 1.29 is 0 Å². The number of nitrogens with zero attached hydrogens (tertiary/aromatic N) is 4. The number of aromatic nitrogens is 4. The van der Waals surface area contributed by atoms with Gasteiger partial charge in [-0.15, -0.1) is 0 Å². The normalized spacial score (nSPS) is 11.5. The van der Waals surface area contributed by atoms with Gasteiger partial charge in [0.05, 0.1) is 22.2 Å². The van der Waals surface area contributed by atoms with E-state index in [0.29, 0.717) is 0 Å². The third-order valence-corrected chi connectivity index (χ3v) is 9.89. The number of hydrogen-bond donors (Lipinski definition) is 0. The Morgan fingerprint density at radius 3 is 1.73 bits per heavy atom. The monoisotopic (exact) mass is 650 g/mol. The Kier molecular flexibility index (Phi) is 6.78. The molecule has 7 aromatic carbocycles. The summed E-state index contributed by atoms with van der Waals surface area (Å²) in [5.41, 5.74) is 12.9. The summed E-state index contributed by atoms with van der Waals surface area (Å²) >= 11 is 0. The van der Waals surface area contributed by atoms with Gasteiger partial charge in [0.2, 0.25) is 0 Å². The maximum atomic E-state index is 5.41. The van der Waals surface area contributed by atoms with Gasteiger partial charge in [0.25, 0.3) is 0 Å². The second-order valence-electron chi connectivity index (χ2n) is 12.9. The predicted octanol–water partition coefficient (Wildman–Crippen LogP) is 11.9. The molecule has 0 N–H and O–H groups in total. The summed E-state index contributed by atoms with van der Waals surface area (Å²) in [6, 6.07) is 60.1. The Labute approximate surface area is 294 Å². The van der Waals surface area contributed by atoms with E-state index in [0.717, 1.165) is 83.0 Å². The van der Waals surface area contributed by atoms with Crippen molar-refractivity contribution >= 4 is 43.5 Å². The largest absolute Gasteiger partial charge is 0.254 e. The zero-order valence-corrected chi connectivity index (χ0v) is 27.6. The van der Waals surface area contributed by atoms with Gasteiger partial charge in [0.15, 0.2) is 0 Å². The molecule has 3 aromatic heterocycles. The van der Waals surface area contributed by atoms with Gasteiger partial charge in [-0.25, -0.2) is 4.68 Å². The highest BCUT2D eigenvalue weighted by molar-refractivity contribution is 6.21. The Morgan fingerprint density at radius 2 is 0.980 bits per heavy atom. The Balaban J connectivity index is 1.25. The highest BCUT2D eigenvalue weighted by Gasteiger charge is 2.23. The van der Waals surface area contributed by atoms with Gasteiger partial charge in [-0.3, -0.25) is 9.97 Å². The molecule has 0 aliphatic heterocycles. The van der Waals surface area contributed by atoms with Crippen LogP contribution in [0.15, 0.2) is 182 Å². The molecule has 0 spiro atoms. The highest BCUT2D eigenvalue weighted by Crippen LogP contribution is 2.45. The average molecular weight is 651 g/mol. The van der Waals surface area contributed by atoms with Gasteiger partial charge >= 0.3 is 0 Å². The van der Waals surface area contributed by atoms with E-state index in [1.54, 1.807) is 0 Å². The number of hydrogen-bond acceptors (Lipinski definition) is 3. The quantitative estimate of drug-likeness (QED) is 0.174. The summed E-state index contributed by atoms with van der Waals surface area (Å²) in [7, 11) is 0. The van der Waals surface area contributed by atoms with Gasteiger partial charge in [-0.05, 0) is 75.2 Å². The summed E-state index contributed by atoms with van der Waals surface area (Å²) in [6.45, 7) is 0. The lowest BCUT2D eigenvalue weighted by Crippen LogP contribution is -1.97. The molecule has 238 valence electrons. The minimum Gasteiger partial charge on any atom is -0.254 e. The molecule has 0 unspecified atom stereocenters. The van der Waals surface area contributed by atoms with Crippen molar-refractivity contribution in [1.29, 1.82) is 0 Å². The van der Waals surface area contributed by atoms with Gasteiger partial charge in [0.1, 0.15) is 5.69 Å². The molecule has 0 fully saturated rings. The molecule has 0 atom stereocenters. The summed E-state index contributed by atoms with van der Waals surface area (Å²) < 4.78 is 2.15. The zero-order valence-electron chi connectivity index (χ0n) is 27.6. The maximum Gasteiger partial charge on any atom is 0.101 e. The third kappa shape index (κ3) is 4.80. The molecule has 0 bridgehead atoms. The number of fused-ring (bicyclic) bond motifs is 6. The molecular formula is C47H30N4. The van der Waals surface area contributed by atoms with Crippen LogP contribution in [0.1, 0.15) is 0 Å².